The number of hydrogen-bond acceptors (Lipinski definition) is 7. The summed E-state index contributed by atoms with van der Waals surface area (Å²) in [5.74, 6) is -1.16. The number of aliphatic hydroxyl groups is 2. The molecule has 9 heteroatoms. The van der Waals surface area contributed by atoms with Gasteiger partial charge in [-0.15, -0.1) is 0 Å². The predicted octanol–water partition coefficient (Wildman–Crippen LogP) is 4.97. The Balaban J connectivity index is 1.46. The van der Waals surface area contributed by atoms with Gasteiger partial charge in [-0.1, -0.05) is 66.7 Å². The standard InChI is InChI=1S/C33H40N2O7/c1-22(32(40)25-7-4-3-5-8-25)35(2)20-28-19-29(24-13-11-23(21-36)12-14-24)42-33(41-28)26-15-17-27(18-16-26)34-30(37)9-6-10-31(38)39/h3-5,7-8,11-18,22,28-29,32-33,36,40H,6,9-10,19-21H2,1-2H3,(H,34,37)(H,38,39). The van der Waals surface area contributed by atoms with Gasteiger partial charge in [0, 0.05) is 43.1 Å². The second kappa shape index (κ2) is 15.0. The molecule has 3 aromatic carbocycles. The van der Waals surface area contributed by atoms with Gasteiger partial charge < -0.3 is 30.1 Å². The van der Waals surface area contributed by atoms with Gasteiger partial charge in [0.15, 0.2) is 6.29 Å². The van der Waals surface area contributed by atoms with Crippen LogP contribution in [0.4, 0.5) is 5.69 Å². The number of anilines is 1. The summed E-state index contributed by atoms with van der Waals surface area (Å²) in [6, 6.07) is 24.4. The van der Waals surface area contributed by atoms with E-state index in [1.807, 2.05) is 80.7 Å². The highest BCUT2D eigenvalue weighted by Crippen LogP contribution is 2.38. The van der Waals surface area contributed by atoms with Gasteiger partial charge >= 0.3 is 5.97 Å². The molecule has 224 valence electrons. The first kappa shape index (κ1) is 31.3. The van der Waals surface area contributed by atoms with Crippen LogP contribution >= 0.6 is 0 Å². The van der Waals surface area contributed by atoms with Crippen LogP contribution < -0.4 is 5.32 Å². The lowest BCUT2D eigenvalue weighted by Gasteiger charge is -2.39. The predicted molar refractivity (Wildman–Crippen MR) is 158 cm³/mol. The van der Waals surface area contributed by atoms with E-state index in [1.54, 1.807) is 12.1 Å². The third-order valence-corrected chi connectivity index (χ3v) is 7.66. The smallest absolute Gasteiger partial charge is 0.303 e. The Morgan fingerprint density at radius 3 is 2.26 bits per heavy atom. The summed E-state index contributed by atoms with van der Waals surface area (Å²) in [6.07, 6.45) is -0.791. The van der Waals surface area contributed by atoms with E-state index >= 15 is 0 Å². The molecule has 9 nitrogen and oxygen atoms in total. The van der Waals surface area contributed by atoms with E-state index in [-0.39, 0.29) is 50.0 Å². The molecule has 0 saturated carbocycles. The van der Waals surface area contributed by atoms with Gasteiger partial charge in [-0.05, 0) is 49.2 Å². The quantitative estimate of drug-likeness (QED) is 0.225. The molecule has 1 saturated heterocycles. The van der Waals surface area contributed by atoms with Gasteiger partial charge in [-0.2, -0.15) is 0 Å². The van der Waals surface area contributed by atoms with Gasteiger partial charge in [-0.25, -0.2) is 0 Å². The zero-order valence-corrected chi connectivity index (χ0v) is 24.1. The molecule has 1 aliphatic heterocycles. The Morgan fingerprint density at radius 2 is 1.62 bits per heavy atom. The van der Waals surface area contributed by atoms with E-state index in [1.165, 1.54) is 0 Å². The first-order chi connectivity index (χ1) is 20.2. The minimum atomic E-state index is -0.923. The summed E-state index contributed by atoms with van der Waals surface area (Å²) in [7, 11) is 1.98. The molecule has 5 unspecified atom stereocenters. The van der Waals surface area contributed by atoms with Gasteiger partial charge in [-0.3, -0.25) is 14.5 Å². The number of carbonyl (C=O) groups is 2. The summed E-state index contributed by atoms with van der Waals surface area (Å²) in [5.41, 5.74) is 4.06. The minimum absolute atomic E-state index is 0.0327. The third-order valence-electron chi connectivity index (χ3n) is 7.66. The van der Waals surface area contributed by atoms with Crippen LogP contribution in [0.2, 0.25) is 0 Å². The fourth-order valence-corrected chi connectivity index (χ4v) is 5.04. The number of carboxylic acids is 1. The van der Waals surface area contributed by atoms with Gasteiger partial charge in [0.05, 0.1) is 24.9 Å². The second-order valence-electron chi connectivity index (χ2n) is 10.8. The number of aliphatic hydroxyl groups excluding tert-OH is 2. The summed E-state index contributed by atoms with van der Waals surface area (Å²) >= 11 is 0. The second-order valence-corrected chi connectivity index (χ2v) is 10.8. The number of hydrogen-bond donors (Lipinski definition) is 4. The molecule has 0 spiro atoms. The highest BCUT2D eigenvalue weighted by atomic mass is 16.7. The number of ether oxygens (including phenoxy) is 2. The summed E-state index contributed by atoms with van der Waals surface area (Å²) < 4.78 is 12.9. The lowest BCUT2D eigenvalue weighted by atomic mass is 9.98. The van der Waals surface area contributed by atoms with Crippen molar-refractivity contribution in [3.8, 4) is 0 Å². The van der Waals surface area contributed by atoms with E-state index in [0.29, 0.717) is 18.7 Å². The van der Waals surface area contributed by atoms with Crippen LogP contribution in [0.15, 0.2) is 78.9 Å². The largest absolute Gasteiger partial charge is 0.481 e. The Kier molecular flexibility index (Phi) is 11.2. The molecule has 4 N–H and O–H groups in total. The number of aliphatic carboxylic acids is 1. The molecule has 0 bridgehead atoms. The average Bonchev–Trinajstić information content (AvgIpc) is 3.00. The van der Waals surface area contributed by atoms with Crippen LogP contribution in [0.3, 0.4) is 0 Å². The fraction of sp³-hybridized carbons (Fsp3) is 0.394. The maximum absolute atomic E-state index is 12.2. The van der Waals surface area contributed by atoms with Crippen molar-refractivity contribution in [2.45, 2.75) is 69.9 Å². The van der Waals surface area contributed by atoms with Crippen molar-refractivity contribution in [3.05, 3.63) is 101 Å². The van der Waals surface area contributed by atoms with Crippen LogP contribution in [0.25, 0.3) is 0 Å². The van der Waals surface area contributed by atoms with Crippen molar-refractivity contribution < 1.29 is 34.4 Å². The first-order valence-corrected chi connectivity index (χ1v) is 14.3. The molecule has 5 atom stereocenters. The average molecular weight is 577 g/mol. The van der Waals surface area contributed by atoms with Crippen LogP contribution in [0, 0.1) is 0 Å². The Labute approximate surface area is 246 Å². The number of benzene rings is 3. The first-order valence-electron chi connectivity index (χ1n) is 14.3. The molecule has 1 amide bonds. The Hall–Kier alpha value is -3.60. The van der Waals surface area contributed by atoms with Gasteiger partial charge in [0.2, 0.25) is 5.91 Å². The molecule has 1 aliphatic rings. The van der Waals surface area contributed by atoms with Crippen LogP contribution in [0.5, 0.6) is 0 Å². The van der Waals surface area contributed by atoms with E-state index in [9.17, 15) is 19.8 Å². The molecule has 0 aromatic heterocycles. The summed E-state index contributed by atoms with van der Waals surface area (Å²) in [5, 5.41) is 32.0. The number of likely N-dealkylation sites (N-methyl/N-ethyl adjacent to an activating group) is 1. The number of nitrogens with zero attached hydrogens (tertiary/aromatic N) is 1. The van der Waals surface area contributed by atoms with Crippen molar-refractivity contribution in [1.82, 2.24) is 4.90 Å². The molecule has 0 radical (unpaired) electrons. The molecule has 3 aromatic rings. The van der Waals surface area contributed by atoms with Crippen molar-refractivity contribution in [1.29, 1.82) is 0 Å². The molecule has 1 fully saturated rings. The molecular weight excluding hydrogens is 536 g/mol. The Morgan fingerprint density at radius 1 is 0.952 bits per heavy atom. The van der Waals surface area contributed by atoms with Crippen molar-refractivity contribution >= 4 is 17.6 Å². The summed E-state index contributed by atoms with van der Waals surface area (Å²) in [6.45, 7) is 2.53. The highest BCUT2D eigenvalue weighted by molar-refractivity contribution is 5.90. The number of amides is 1. The topological polar surface area (TPSA) is 129 Å². The van der Waals surface area contributed by atoms with Crippen LogP contribution in [-0.4, -0.2) is 57.8 Å². The number of carbonyl (C=O) groups excluding carboxylic acids is 1. The van der Waals surface area contributed by atoms with E-state index < -0.39 is 18.4 Å². The highest BCUT2D eigenvalue weighted by Gasteiger charge is 2.34. The normalized spacial score (nSPS) is 20.2. The zero-order valence-electron chi connectivity index (χ0n) is 24.1. The third kappa shape index (κ3) is 8.70. The maximum Gasteiger partial charge on any atom is 0.303 e. The summed E-state index contributed by atoms with van der Waals surface area (Å²) in [4.78, 5) is 25.0. The maximum atomic E-state index is 12.2. The minimum Gasteiger partial charge on any atom is -0.481 e. The van der Waals surface area contributed by atoms with E-state index in [4.69, 9.17) is 14.6 Å². The van der Waals surface area contributed by atoms with Gasteiger partial charge in [0.1, 0.15) is 0 Å². The lowest BCUT2D eigenvalue weighted by Crippen LogP contribution is -2.43. The number of nitrogens with one attached hydrogen (secondary N) is 1. The Bertz CT molecular complexity index is 1280. The van der Waals surface area contributed by atoms with Crippen molar-refractivity contribution in [2.24, 2.45) is 0 Å². The molecule has 4 rings (SSSR count). The van der Waals surface area contributed by atoms with E-state index in [2.05, 4.69) is 10.2 Å². The van der Waals surface area contributed by atoms with Crippen LogP contribution in [-0.2, 0) is 25.7 Å². The van der Waals surface area contributed by atoms with Crippen molar-refractivity contribution in [2.75, 3.05) is 18.9 Å². The van der Waals surface area contributed by atoms with Crippen LogP contribution in [0.1, 0.15) is 73.4 Å². The molecule has 42 heavy (non-hydrogen) atoms. The molecular formula is C33H40N2O7. The SMILES string of the molecule is CC(C(O)c1ccccc1)N(C)CC1CC(c2ccc(CO)cc2)OC(c2ccc(NC(=O)CCCC(=O)O)cc2)O1. The molecule has 0 aliphatic carbocycles. The molecule has 1 heterocycles. The zero-order chi connectivity index (χ0) is 30.1. The number of rotatable bonds is 13. The van der Waals surface area contributed by atoms with Gasteiger partial charge in [0.25, 0.3) is 0 Å². The fourth-order valence-electron chi connectivity index (χ4n) is 5.04. The van der Waals surface area contributed by atoms with Crippen molar-refractivity contribution in [3.63, 3.8) is 0 Å². The van der Waals surface area contributed by atoms with E-state index in [0.717, 1.165) is 22.3 Å². The lowest BCUT2D eigenvalue weighted by molar-refractivity contribution is -0.253. The number of carboxylic acid groups (broad SMARTS) is 1. The monoisotopic (exact) mass is 576 g/mol.